The number of nitrogens with zero attached hydrogens (tertiary/aromatic N) is 1. The molecule has 5 nitrogen and oxygen atoms in total. The lowest BCUT2D eigenvalue weighted by Crippen LogP contribution is -2.49. The summed E-state index contributed by atoms with van der Waals surface area (Å²) < 4.78 is 26.3. The number of halogens is 1. The van der Waals surface area contributed by atoms with Gasteiger partial charge in [-0.15, -0.1) is 0 Å². The van der Waals surface area contributed by atoms with E-state index in [1.54, 1.807) is 12.1 Å². The van der Waals surface area contributed by atoms with E-state index in [1.165, 1.54) is 4.31 Å². The van der Waals surface area contributed by atoms with E-state index in [0.29, 0.717) is 23.7 Å². The number of hydrogen-bond donors (Lipinski definition) is 1. The van der Waals surface area contributed by atoms with Crippen LogP contribution in [0.1, 0.15) is 36.5 Å². The molecule has 0 saturated heterocycles. The van der Waals surface area contributed by atoms with Gasteiger partial charge in [0.2, 0.25) is 15.9 Å². The molecule has 0 aliphatic carbocycles. The van der Waals surface area contributed by atoms with Crippen molar-refractivity contribution in [1.82, 2.24) is 5.32 Å². The van der Waals surface area contributed by atoms with Crippen molar-refractivity contribution >= 4 is 33.2 Å². The average molecular weight is 437 g/mol. The van der Waals surface area contributed by atoms with Gasteiger partial charge in [-0.05, 0) is 74.1 Å². The van der Waals surface area contributed by atoms with Crippen molar-refractivity contribution in [3.8, 4) is 0 Å². The Kier molecular flexibility index (Phi) is 8.11. The number of hydrogen-bond acceptors (Lipinski definition) is 3. The second-order valence-electron chi connectivity index (χ2n) is 7.35. The van der Waals surface area contributed by atoms with E-state index in [1.807, 2.05) is 51.1 Å². The third-order valence-electron chi connectivity index (χ3n) is 4.65. The van der Waals surface area contributed by atoms with Gasteiger partial charge in [0, 0.05) is 11.6 Å². The molecule has 0 aliphatic heterocycles. The Labute approximate surface area is 179 Å². The minimum absolute atomic E-state index is 0.284. The first-order chi connectivity index (χ1) is 13.6. The molecule has 2 rings (SSSR count). The first-order valence-electron chi connectivity index (χ1n) is 9.71. The van der Waals surface area contributed by atoms with Gasteiger partial charge < -0.3 is 5.32 Å². The largest absolute Gasteiger partial charge is 0.354 e. The van der Waals surface area contributed by atoms with Crippen molar-refractivity contribution in [3.05, 3.63) is 64.2 Å². The Morgan fingerprint density at radius 3 is 2.21 bits per heavy atom. The number of carbonyl (C=O) groups excluding carboxylic acids is 1. The van der Waals surface area contributed by atoms with Crippen LogP contribution in [-0.4, -0.2) is 33.2 Å². The van der Waals surface area contributed by atoms with E-state index in [-0.39, 0.29) is 5.91 Å². The molecule has 0 bridgehead atoms. The van der Waals surface area contributed by atoms with E-state index >= 15 is 0 Å². The molecule has 0 unspecified atom stereocenters. The standard InChI is InChI=1S/C22H29ClN2O3S/c1-5-21(22(26)24-12-6-7-18-8-10-19(23)11-9-18)25(29(4,27)28)20-14-16(2)13-17(3)15-20/h8-11,13-15,21H,5-7,12H2,1-4H3,(H,24,26)/t21-/m0/s1. The van der Waals surface area contributed by atoms with Crippen LogP contribution in [0.2, 0.25) is 5.02 Å². The van der Waals surface area contributed by atoms with Gasteiger partial charge in [-0.1, -0.05) is 36.7 Å². The van der Waals surface area contributed by atoms with E-state index in [0.717, 1.165) is 35.8 Å². The molecule has 0 saturated carbocycles. The summed E-state index contributed by atoms with van der Waals surface area (Å²) in [6.07, 6.45) is 3.08. The van der Waals surface area contributed by atoms with Crippen molar-refractivity contribution in [2.24, 2.45) is 0 Å². The fourth-order valence-corrected chi connectivity index (χ4v) is 4.73. The first kappa shape index (κ1) is 23.2. The molecule has 1 amide bonds. The number of anilines is 1. The third kappa shape index (κ3) is 6.75. The number of benzene rings is 2. The number of aryl methyl sites for hydroxylation is 3. The molecule has 0 aliphatic rings. The lowest BCUT2D eigenvalue weighted by molar-refractivity contribution is -0.122. The van der Waals surface area contributed by atoms with E-state index in [4.69, 9.17) is 11.6 Å². The van der Waals surface area contributed by atoms with Crippen LogP contribution in [-0.2, 0) is 21.2 Å². The van der Waals surface area contributed by atoms with Gasteiger partial charge in [-0.2, -0.15) is 0 Å². The highest BCUT2D eigenvalue weighted by Crippen LogP contribution is 2.25. The molecule has 0 spiro atoms. The molecule has 0 radical (unpaired) electrons. The zero-order chi connectivity index (χ0) is 21.6. The molecule has 29 heavy (non-hydrogen) atoms. The average Bonchev–Trinajstić information content (AvgIpc) is 2.62. The fourth-order valence-electron chi connectivity index (χ4n) is 3.41. The Morgan fingerprint density at radius 1 is 1.10 bits per heavy atom. The van der Waals surface area contributed by atoms with Crippen LogP contribution in [0.4, 0.5) is 5.69 Å². The Bertz CT molecular complexity index is 923. The highest BCUT2D eigenvalue weighted by atomic mass is 35.5. The summed E-state index contributed by atoms with van der Waals surface area (Å²) in [5.41, 5.74) is 3.57. The van der Waals surface area contributed by atoms with Gasteiger partial charge in [0.05, 0.1) is 11.9 Å². The number of amides is 1. The van der Waals surface area contributed by atoms with E-state index in [9.17, 15) is 13.2 Å². The van der Waals surface area contributed by atoms with Gasteiger partial charge in [0.1, 0.15) is 6.04 Å². The van der Waals surface area contributed by atoms with Gasteiger partial charge in [-0.25, -0.2) is 8.42 Å². The summed E-state index contributed by atoms with van der Waals surface area (Å²) in [7, 11) is -3.63. The molecule has 1 N–H and O–H groups in total. The monoisotopic (exact) mass is 436 g/mol. The van der Waals surface area contributed by atoms with Crippen LogP contribution in [0.3, 0.4) is 0 Å². The molecule has 2 aromatic carbocycles. The molecule has 0 heterocycles. The molecule has 0 fully saturated rings. The number of nitrogens with one attached hydrogen (secondary N) is 1. The SMILES string of the molecule is CC[C@@H](C(=O)NCCCc1ccc(Cl)cc1)N(c1cc(C)cc(C)c1)S(C)(=O)=O. The lowest BCUT2D eigenvalue weighted by atomic mass is 10.1. The van der Waals surface area contributed by atoms with Crippen LogP contribution in [0, 0.1) is 13.8 Å². The quantitative estimate of drug-likeness (QED) is 0.597. The smallest absolute Gasteiger partial charge is 0.243 e. The molecule has 0 aromatic heterocycles. The normalized spacial score (nSPS) is 12.4. The zero-order valence-electron chi connectivity index (χ0n) is 17.4. The number of sulfonamides is 1. The van der Waals surface area contributed by atoms with Crippen LogP contribution in [0.5, 0.6) is 0 Å². The van der Waals surface area contributed by atoms with Gasteiger partial charge >= 0.3 is 0 Å². The third-order valence-corrected chi connectivity index (χ3v) is 6.08. The maximum absolute atomic E-state index is 12.8. The van der Waals surface area contributed by atoms with E-state index in [2.05, 4.69) is 5.32 Å². The number of carbonyl (C=O) groups is 1. The molecule has 7 heteroatoms. The summed E-state index contributed by atoms with van der Waals surface area (Å²) in [4.78, 5) is 12.8. The number of rotatable bonds is 9. The van der Waals surface area contributed by atoms with Crippen LogP contribution >= 0.6 is 11.6 Å². The maximum atomic E-state index is 12.8. The van der Waals surface area contributed by atoms with Crippen LogP contribution in [0.15, 0.2) is 42.5 Å². The van der Waals surface area contributed by atoms with Gasteiger partial charge in [-0.3, -0.25) is 9.10 Å². The maximum Gasteiger partial charge on any atom is 0.243 e. The fraction of sp³-hybridized carbons (Fsp3) is 0.409. The first-order valence-corrected chi connectivity index (χ1v) is 11.9. The summed E-state index contributed by atoms with van der Waals surface area (Å²) in [5, 5.41) is 3.59. The van der Waals surface area contributed by atoms with Crippen molar-refractivity contribution in [2.75, 3.05) is 17.1 Å². The summed E-state index contributed by atoms with van der Waals surface area (Å²) >= 11 is 5.89. The summed E-state index contributed by atoms with van der Waals surface area (Å²) in [6, 6.07) is 12.4. The minimum Gasteiger partial charge on any atom is -0.354 e. The van der Waals surface area contributed by atoms with Gasteiger partial charge in [0.15, 0.2) is 0 Å². The highest BCUT2D eigenvalue weighted by Gasteiger charge is 2.31. The molecular formula is C22H29ClN2O3S. The predicted octanol–water partition coefficient (Wildman–Crippen LogP) is 4.25. The summed E-state index contributed by atoms with van der Waals surface area (Å²) in [6.45, 7) is 6.12. The van der Waals surface area contributed by atoms with Crippen molar-refractivity contribution in [3.63, 3.8) is 0 Å². The Balaban J connectivity index is 2.08. The molecular weight excluding hydrogens is 408 g/mol. The second-order valence-corrected chi connectivity index (χ2v) is 9.65. The van der Waals surface area contributed by atoms with Crippen molar-refractivity contribution in [2.45, 2.75) is 46.1 Å². The highest BCUT2D eigenvalue weighted by molar-refractivity contribution is 7.92. The Morgan fingerprint density at radius 2 is 1.69 bits per heavy atom. The van der Waals surface area contributed by atoms with Gasteiger partial charge in [0.25, 0.3) is 0 Å². The van der Waals surface area contributed by atoms with E-state index < -0.39 is 16.1 Å². The molecule has 158 valence electrons. The lowest BCUT2D eigenvalue weighted by Gasteiger charge is -2.30. The van der Waals surface area contributed by atoms with Crippen molar-refractivity contribution in [1.29, 1.82) is 0 Å². The Hall–Kier alpha value is -2.05. The van der Waals surface area contributed by atoms with Crippen LogP contribution in [0.25, 0.3) is 0 Å². The van der Waals surface area contributed by atoms with Crippen molar-refractivity contribution < 1.29 is 13.2 Å². The molecule has 1 atom stereocenters. The molecule has 2 aromatic rings. The summed E-state index contributed by atoms with van der Waals surface area (Å²) in [5.74, 6) is -0.284. The minimum atomic E-state index is -3.63. The zero-order valence-corrected chi connectivity index (χ0v) is 19.0. The second kappa shape index (κ2) is 10.1. The van der Waals surface area contributed by atoms with Crippen LogP contribution < -0.4 is 9.62 Å². The predicted molar refractivity (Wildman–Crippen MR) is 120 cm³/mol. The topological polar surface area (TPSA) is 66.5 Å².